The van der Waals surface area contributed by atoms with Crippen molar-refractivity contribution >= 4 is 11.9 Å². The van der Waals surface area contributed by atoms with Gasteiger partial charge in [0.25, 0.3) is 0 Å². The van der Waals surface area contributed by atoms with E-state index in [0.717, 1.165) is 47.9 Å². The molecule has 0 fully saturated rings. The summed E-state index contributed by atoms with van der Waals surface area (Å²) in [5, 5.41) is 0. The highest BCUT2D eigenvalue weighted by Gasteiger charge is 2.45. The zero-order valence-electron chi connectivity index (χ0n) is 34.0. The van der Waals surface area contributed by atoms with E-state index in [0.29, 0.717) is 24.9 Å². The van der Waals surface area contributed by atoms with Gasteiger partial charge in [0, 0.05) is 12.1 Å². The quantitative estimate of drug-likeness (QED) is 0.0796. The van der Waals surface area contributed by atoms with Gasteiger partial charge >= 0.3 is 11.9 Å². The second-order valence-electron chi connectivity index (χ2n) is 15.4. The number of benzene rings is 4. The van der Waals surface area contributed by atoms with E-state index >= 15 is 0 Å². The Morgan fingerprint density at radius 3 is 0.981 bits per heavy atom. The minimum Gasteiger partial charge on any atom is -0.461 e. The van der Waals surface area contributed by atoms with Crippen molar-refractivity contribution in [3.63, 3.8) is 0 Å². The summed E-state index contributed by atoms with van der Waals surface area (Å²) in [6, 6.07) is 42.4. The summed E-state index contributed by atoms with van der Waals surface area (Å²) in [5.41, 5.74) is 3.34. The predicted molar refractivity (Wildman–Crippen MR) is 222 cm³/mol. The van der Waals surface area contributed by atoms with E-state index in [9.17, 15) is 9.59 Å². The lowest BCUT2D eigenvalue weighted by atomic mass is 9.66. The molecule has 0 aliphatic carbocycles. The van der Waals surface area contributed by atoms with Crippen LogP contribution >= 0.6 is 0 Å². The van der Waals surface area contributed by atoms with Gasteiger partial charge in [-0.05, 0) is 103 Å². The first kappa shape index (κ1) is 42.5. The van der Waals surface area contributed by atoms with Gasteiger partial charge in [0.1, 0.15) is 12.2 Å². The molecule has 0 aliphatic heterocycles. The first-order valence-electron chi connectivity index (χ1n) is 19.9. The third kappa shape index (κ3) is 10.3. The van der Waals surface area contributed by atoms with Gasteiger partial charge in [-0.3, -0.25) is 9.59 Å². The third-order valence-electron chi connectivity index (χ3n) is 11.8. The van der Waals surface area contributed by atoms with Crippen LogP contribution in [0.5, 0.6) is 0 Å². The molecule has 0 spiro atoms. The van der Waals surface area contributed by atoms with Crippen molar-refractivity contribution in [2.75, 3.05) is 28.2 Å². The predicted octanol–water partition coefficient (Wildman–Crippen LogP) is 9.84. The molecule has 0 saturated carbocycles. The molecule has 6 heteroatoms. The van der Waals surface area contributed by atoms with Gasteiger partial charge in [0.2, 0.25) is 0 Å². The van der Waals surface area contributed by atoms with Crippen molar-refractivity contribution < 1.29 is 19.1 Å². The SMILES string of the molecule is CCC(OC(=O)CCC(=O)OC(CC)C(CCC(C)N(C)C)(c1ccccc1)c1ccccc1)C(CCC(C)N(C)C)(c1ccccc1)c1ccccc1. The van der Waals surface area contributed by atoms with Gasteiger partial charge in [-0.25, -0.2) is 0 Å². The summed E-state index contributed by atoms with van der Waals surface area (Å²) in [6.07, 6.45) is 3.66. The summed E-state index contributed by atoms with van der Waals surface area (Å²) in [5.74, 6) is -0.776. The zero-order valence-corrected chi connectivity index (χ0v) is 34.0. The molecule has 4 unspecified atom stereocenters. The van der Waals surface area contributed by atoms with Gasteiger partial charge in [-0.1, -0.05) is 135 Å². The Morgan fingerprint density at radius 1 is 0.500 bits per heavy atom. The summed E-state index contributed by atoms with van der Waals surface area (Å²) in [7, 11) is 8.41. The summed E-state index contributed by atoms with van der Waals surface area (Å²) in [6.45, 7) is 8.63. The molecule has 0 heterocycles. The van der Waals surface area contributed by atoms with Crippen LogP contribution in [0.3, 0.4) is 0 Å². The molecule has 0 bridgehead atoms. The highest BCUT2D eigenvalue weighted by atomic mass is 16.6. The Labute approximate surface area is 325 Å². The molecule has 0 aliphatic rings. The fourth-order valence-corrected chi connectivity index (χ4v) is 8.01. The van der Waals surface area contributed by atoms with Gasteiger partial charge in [-0.2, -0.15) is 0 Å². The maximum absolute atomic E-state index is 13.9. The van der Waals surface area contributed by atoms with E-state index in [4.69, 9.17) is 9.47 Å². The van der Waals surface area contributed by atoms with Crippen LogP contribution in [0, 0.1) is 0 Å². The minimum absolute atomic E-state index is 0.0547. The molecule has 4 atom stereocenters. The number of carbonyl (C=O) groups excluding carboxylic acids is 2. The molecule has 0 radical (unpaired) electrons. The van der Waals surface area contributed by atoms with E-state index < -0.39 is 23.0 Å². The average molecular weight is 733 g/mol. The molecule has 4 aromatic rings. The van der Waals surface area contributed by atoms with Crippen LogP contribution < -0.4 is 0 Å². The molecule has 4 rings (SSSR count). The number of esters is 2. The molecule has 0 aromatic heterocycles. The number of nitrogens with zero attached hydrogens (tertiary/aromatic N) is 2. The number of hydrogen-bond donors (Lipinski definition) is 0. The molecule has 6 nitrogen and oxygen atoms in total. The lowest BCUT2D eigenvalue weighted by molar-refractivity contribution is -0.159. The van der Waals surface area contributed by atoms with E-state index in [-0.39, 0.29) is 24.8 Å². The highest BCUT2D eigenvalue weighted by molar-refractivity contribution is 5.78. The lowest BCUT2D eigenvalue weighted by Crippen LogP contribution is -2.45. The molecule has 4 aromatic carbocycles. The molecule has 0 saturated heterocycles. The second-order valence-corrected chi connectivity index (χ2v) is 15.4. The maximum atomic E-state index is 13.9. The van der Waals surface area contributed by atoms with Crippen LogP contribution in [-0.4, -0.2) is 74.2 Å². The van der Waals surface area contributed by atoms with E-state index in [1.807, 2.05) is 24.3 Å². The normalized spacial score (nSPS) is 14.3. The van der Waals surface area contributed by atoms with Gasteiger partial charge < -0.3 is 19.3 Å². The largest absolute Gasteiger partial charge is 0.461 e. The van der Waals surface area contributed by atoms with Crippen LogP contribution in [0.2, 0.25) is 0 Å². The van der Waals surface area contributed by atoms with E-state index in [1.54, 1.807) is 0 Å². The maximum Gasteiger partial charge on any atom is 0.306 e. The van der Waals surface area contributed by atoms with Gasteiger partial charge in [0.05, 0.1) is 23.7 Å². The smallest absolute Gasteiger partial charge is 0.306 e. The Morgan fingerprint density at radius 2 is 0.759 bits per heavy atom. The Hall–Kier alpha value is -4.26. The van der Waals surface area contributed by atoms with Crippen molar-refractivity contribution in [1.82, 2.24) is 9.80 Å². The third-order valence-corrected chi connectivity index (χ3v) is 11.8. The molecular formula is C48H64N2O4. The Balaban J connectivity index is 1.60. The number of hydrogen-bond acceptors (Lipinski definition) is 6. The topological polar surface area (TPSA) is 59.1 Å². The fraction of sp³-hybridized carbons (Fsp3) is 0.458. The minimum atomic E-state index is -0.570. The number of rotatable bonds is 21. The van der Waals surface area contributed by atoms with E-state index in [2.05, 4.69) is 163 Å². The first-order valence-corrected chi connectivity index (χ1v) is 19.9. The Bertz CT molecular complexity index is 1470. The number of carbonyl (C=O) groups is 2. The van der Waals surface area contributed by atoms with Crippen molar-refractivity contribution in [1.29, 1.82) is 0 Å². The van der Waals surface area contributed by atoms with Gasteiger partial charge in [0.15, 0.2) is 0 Å². The standard InChI is InChI=1S/C48H64N2O4/c1-9-43(47(35-33-37(3)49(5)6,39-23-15-11-16-24-39)40-25-17-12-18-26-40)53-45(51)31-32-46(52)54-44(10-2)48(36-34-38(4)50(7)8,41-27-19-13-20-28-41)42-29-21-14-22-30-42/h11-30,37-38,43-44H,9-10,31-36H2,1-8H3. The van der Waals surface area contributed by atoms with E-state index in [1.165, 1.54) is 0 Å². The molecular weight excluding hydrogens is 669 g/mol. The van der Waals surface area contributed by atoms with Crippen LogP contribution in [-0.2, 0) is 29.9 Å². The van der Waals surface area contributed by atoms with Crippen molar-refractivity contribution in [2.24, 2.45) is 0 Å². The molecule has 290 valence electrons. The van der Waals surface area contributed by atoms with Crippen molar-refractivity contribution in [3.8, 4) is 0 Å². The fourth-order valence-electron chi connectivity index (χ4n) is 8.01. The van der Waals surface area contributed by atoms with Crippen LogP contribution in [0.4, 0.5) is 0 Å². The lowest BCUT2D eigenvalue weighted by Gasteiger charge is -2.42. The number of ether oxygens (including phenoxy) is 2. The average Bonchev–Trinajstić information content (AvgIpc) is 3.20. The zero-order chi connectivity index (χ0) is 39.1. The van der Waals surface area contributed by atoms with Crippen molar-refractivity contribution in [3.05, 3.63) is 144 Å². The van der Waals surface area contributed by atoms with Crippen LogP contribution in [0.15, 0.2) is 121 Å². The highest BCUT2D eigenvalue weighted by Crippen LogP contribution is 2.45. The van der Waals surface area contributed by atoms with Crippen molar-refractivity contribution in [2.45, 2.75) is 114 Å². The van der Waals surface area contributed by atoms with Crippen LogP contribution in [0.1, 0.15) is 101 Å². The first-order chi connectivity index (χ1) is 26.0. The molecule has 0 amide bonds. The van der Waals surface area contributed by atoms with Gasteiger partial charge in [-0.15, -0.1) is 0 Å². The molecule has 0 N–H and O–H groups in total. The summed E-state index contributed by atoms with van der Waals surface area (Å²) >= 11 is 0. The second kappa shape index (κ2) is 20.4. The molecule has 54 heavy (non-hydrogen) atoms. The monoisotopic (exact) mass is 732 g/mol. The summed E-state index contributed by atoms with van der Waals surface area (Å²) < 4.78 is 13.0. The Kier molecular flexibility index (Phi) is 16.1. The van der Waals surface area contributed by atoms with Crippen LogP contribution in [0.25, 0.3) is 0 Å². The summed E-state index contributed by atoms with van der Waals surface area (Å²) in [4.78, 5) is 32.2.